The van der Waals surface area contributed by atoms with Crippen molar-refractivity contribution in [1.82, 2.24) is 9.78 Å². The van der Waals surface area contributed by atoms with Crippen molar-refractivity contribution >= 4 is 28.9 Å². The van der Waals surface area contributed by atoms with Crippen LogP contribution in [-0.2, 0) is 4.79 Å². The van der Waals surface area contributed by atoms with Gasteiger partial charge in [-0.05, 0) is 44.2 Å². The molecule has 0 radical (unpaired) electrons. The molecule has 1 heterocycles. The van der Waals surface area contributed by atoms with E-state index < -0.39 is 29.0 Å². The number of amides is 1. The predicted molar refractivity (Wildman–Crippen MR) is 110 cm³/mol. The molecule has 1 atom stereocenters. The molecule has 162 valence electrons. The second-order valence-electron chi connectivity index (χ2n) is 6.65. The number of aromatic nitrogens is 2. The Morgan fingerprint density at radius 2 is 1.87 bits per heavy atom. The molecule has 31 heavy (non-hydrogen) atoms. The Morgan fingerprint density at radius 3 is 2.45 bits per heavy atom. The van der Waals surface area contributed by atoms with Gasteiger partial charge < -0.3 is 10.1 Å². The molecule has 0 fully saturated rings. The lowest BCUT2D eigenvalue weighted by Gasteiger charge is -2.15. The minimum absolute atomic E-state index is 0.105. The molecule has 0 spiro atoms. The van der Waals surface area contributed by atoms with Crippen LogP contribution in [0.5, 0.6) is 11.5 Å². The number of alkyl halides is 2. The van der Waals surface area contributed by atoms with E-state index in [1.807, 2.05) is 0 Å². The van der Waals surface area contributed by atoms with Crippen molar-refractivity contribution in [2.24, 2.45) is 0 Å². The van der Waals surface area contributed by atoms with E-state index in [-0.39, 0.29) is 17.1 Å². The Bertz CT molecular complexity index is 1120. The zero-order valence-electron chi connectivity index (χ0n) is 16.4. The molecule has 3 rings (SSSR count). The first-order chi connectivity index (χ1) is 14.6. The van der Waals surface area contributed by atoms with E-state index in [4.69, 9.17) is 16.3 Å². The summed E-state index contributed by atoms with van der Waals surface area (Å²) in [4.78, 5) is 23.3. The second kappa shape index (κ2) is 9.09. The van der Waals surface area contributed by atoms with Crippen molar-refractivity contribution in [1.29, 1.82) is 0 Å². The molecule has 0 saturated carbocycles. The van der Waals surface area contributed by atoms with E-state index in [0.29, 0.717) is 16.5 Å². The molecule has 3 aromatic rings. The molecule has 0 aliphatic carbocycles. The summed E-state index contributed by atoms with van der Waals surface area (Å²) >= 11 is 5.83. The highest BCUT2D eigenvalue weighted by Gasteiger charge is 2.22. The molecule has 0 bridgehead atoms. The average molecular weight is 451 g/mol. The number of carbonyl (C=O) groups is 1. The summed E-state index contributed by atoms with van der Waals surface area (Å²) in [6.07, 6.45) is -2.76. The number of nitro groups is 1. The summed E-state index contributed by atoms with van der Waals surface area (Å²) in [5.41, 5.74) is -0.256. The number of hydrogen-bond acceptors (Lipinski definition) is 5. The molecule has 11 heteroatoms. The minimum Gasteiger partial charge on any atom is -0.457 e. The molecule has 1 N–H and O–H groups in total. The van der Waals surface area contributed by atoms with Crippen LogP contribution in [0, 0.1) is 17.0 Å². The molecule has 0 aliphatic heterocycles. The van der Waals surface area contributed by atoms with Gasteiger partial charge in [0.15, 0.2) is 0 Å². The van der Waals surface area contributed by atoms with Crippen molar-refractivity contribution in [3.8, 4) is 11.5 Å². The van der Waals surface area contributed by atoms with Crippen LogP contribution in [-0.4, -0.2) is 20.6 Å². The Morgan fingerprint density at radius 1 is 1.19 bits per heavy atom. The predicted octanol–water partition coefficient (Wildman–Crippen LogP) is 5.68. The number of ether oxygens (including phenoxy) is 1. The maximum Gasteiger partial charge on any atom is 0.282 e. The first kappa shape index (κ1) is 22.2. The molecule has 1 aromatic heterocycles. The minimum atomic E-state index is -2.76. The Balaban J connectivity index is 1.84. The van der Waals surface area contributed by atoms with Crippen LogP contribution < -0.4 is 10.1 Å². The van der Waals surface area contributed by atoms with Gasteiger partial charge in [0.25, 0.3) is 12.1 Å². The van der Waals surface area contributed by atoms with Gasteiger partial charge in [0.05, 0.1) is 16.7 Å². The van der Waals surface area contributed by atoms with Gasteiger partial charge >= 0.3 is 0 Å². The van der Waals surface area contributed by atoms with E-state index in [1.54, 1.807) is 31.2 Å². The van der Waals surface area contributed by atoms with Gasteiger partial charge in [-0.3, -0.25) is 19.6 Å². The third kappa shape index (κ3) is 5.34. The topological polar surface area (TPSA) is 99.3 Å². The standard InChI is InChI=1S/C20H17ClF2N4O4/c1-11-7-18(19(22)23)25-26(11)12(2)20(28)24-14-8-15(27(29)30)10-17(9-14)31-16-5-3-13(21)4-6-16/h3-10,12,19H,1-2H3,(H,24,28). The van der Waals surface area contributed by atoms with Gasteiger partial charge in [0, 0.05) is 22.8 Å². The Kier molecular flexibility index (Phi) is 6.50. The van der Waals surface area contributed by atoms with E-state index in [1.165, 1.54) is 35.9 Å². The summed E-state index contributed by atoms with van der Waals surface area (Å²) in [6.45, 7) is 3.03. The second-order valence-corrected chi connectivity index (χ2v) is 7.09. The summed E-state index contributed by atoms with van der Waals surface area (Å²) in [5, 5.41) is 18.1. The fourth-order valence-corrected chi connectivity index (χ4v) is 2.95. The number of hydrogen-bond donors (Lipinski definition) is 1. The first-order valence-electron chi connectivity index (χ1n) is 9.02. The number of non-ortho nitro benzene ring substituents is 1. The van der Waals surface area contributed by atoms with Gasteiger partial charge in [0.1, 0.15) is 23.2 Å². The first-order valence-corrected chi connectivity index (χ1v) is 9.40. The van der Waals surface area contributed by atoms with Gasteiger partial charge in [-0.2, -0.15) is 5.10 Å². The average Bonchev–Trinajstić information content (AvgIpc) is 3.11. The quantitative estimate of drug-likeness (QED) is 0.368. The summed E-state index contributed by atoms with van der Waals surface area (Å²) in [7, 11) is 0. The van der Waals surface area contributed by atoms with E-state index >= 15 is 0 Å². The molecule has 0 saturated heterocycles. The number of nitrogens with zero attached hydrogens (tertiary/aromatic N) is 3. The third-order valence-corrected chi connectivity index (χ3v) is 4.58. The maximum absolute atomic E-state index is 12.9. The van der Waals surface area contributed by atoms with Crippen LogP contribution in [0.25, 0.3) is 0 Å². The number of benzene rings is 2. The van der Waals surface area contributed by atoms with Crippen LogP contribution in [0.2, 0.25) is 5.02 Å². The molecular weight excluding hydrogens is 434 g/mol. The van der Waals surface area contributed by atoms with Crippen molar-refractivity contribution < 1.29 is 23.2 Å². The van der Waals surface area contributed by atoms with Crippen molar-refractivity contribution in [3.63, 3.8) is 0 Å². The smallest absolute Gasteiger partial charge is 0.282 e. The lowest BCUT2D eigenvalue weighted by molar-refractivity contribution is -0.384. The number of anilines is 1. The summed E-state index contributed by atoms with van der Waals surface area (Å²) < 4.78 is 32.5. The fourth-order valence-electron chi connectivity index (χ4n) is 2.83. The van der Waals surface area contributed by atoms with Gasteiger partial charge in [0.2, 0.25) is 5.91 Å². The number of rotatable bonds is 7. The van der Waals surface area contributed by atoms with Crippen molar-refractivity contribution in [3.05, 3.63) is 75.1 Å². The van der Waals surface area contributed by atoms with Crippen LogP contribution >= 0.6 is 11.6 Å². The monoisotopic (exact) mass is 450 g/mol. The molecule has 8 nitrogen and oxygen atoms in total. The molecule has 1 amide bonds. The lowest BCUT2D eigenvalue weighted by Crippen LogP contribution is -2.25. The molecule has 0 aliphatic rings. The number of nitrogens with one attached hydrogen (secondary N) is 1. The van der Waals surface area contributed by atoms with Crippen LogP contribution in [0.4, 0.5) is 20.2 Å². The fraction of sp³-hybridized carbons (Fsp3) is 0.200. The highest BCUT2D eigenvalue weighted by atomic mass is 35.5. The number of carbonyl (C=O) groups excluding carboxylic acids is 1. The van der Waals surface area contributed by atoms with Crippen LogP contribution in [0.3, 0.4) is 0 Å². The van der Waals surface area contributed by atoms with Gasteiger partial charge in [-0.15, -0.1) is 0 Å². The third-order valence-electron chi connectivity index (χ3n) is 4.33. The normalized spacial score (nSPS) is 11.9. The van der Waals surface area contributed by atoms with E-state index in [9.17, 15) is 23.7 Å². The number of nitro benzene ring substituents is 1. The highest BCUT2D eigenvalue weighted by Crippen LogP contribution is 2.31. The van der Waals surface area contributed by atoms with E-state index in [0.717, 1.165) is 0 Å². The largest absolute Gasteiger partial charge is 0.457 e. The zero-order chi connectivity index (χ0) is 22.7. The summed E-state index contributed by atoms with van der Waals surface area (Å²) in [6, 6.07) is 10.4. The van der Waals surface area contributed by atoms with Gasteiger partial charge in [-0.1, -0.05) is 11.6 Å². The SMILES string of the molecule is Cc1cc(C(F)F)nn1C(C)C(=O)Nc1cc(Oc2ccc(Cl)cc2)cc([N+](=O)[O-])c1. The highest BCUT2D eigenvalue weighted by molar-refractivity contribution is 6.30. The maximum atomic E-state index is 12.9. The number of halogens is 3. The summed E-state index contributed by atoms with van der Waals surface area (Å²) in [5.74, 6) is -0.0816. The van der Waals surface area contributed by atoms with E-state index in [2.05, 4.69) is 10.4 Å². The van der Waals surface area contributed by atoms with Crippen molar-refractivity contribution in [2.75, 3.05) is 5.32 Å². The zero-order valence-corrected chi connectivity index (χ0v) is 17.1. The van der Waals surface area contributed by atoms with Crippen LogP contribution in [0.1, 0.15) is 30.8 Å². The lowest BCUT2D eigenvalue weighted by atomic mass is 10.2. The molecule has 2 aromatic carbocycles. The molecular formula is C20H17ClF2N4O4. The van der Waals surface area contributed by atoms with Crippen molar-refractivity contribution in [2.45, 2.75) is 26.3 Å². The Labute approximate surface area is 180 Å². The van der Waals surface area contributed by atoms with Crippen LogP contribution in [0.15, 0.2) is 48.5 Å². The molecule has 1 unspecified atom stereocenters. The van der Waals surface area contributed by atoms with Gasteiger partial charge in [-0.25, -0.2) is 8.78 Å². The number of aryl methyl sites for hydroxylation is 1. The Hall–Kier alpha value is -3.53.